The van der Waals surface area contributed by atoms with Crippen molar-refractivity contribution < 1.29 is 19.1 Å². The molecule has 0 atom stereocenters. The zero-order chi connectivity index (χ0) is 9.68. The fourth-order valence-electron chi connectivity index (χ4n) is 0.857. The van der Waals surface area contributed by atoms with Crippen LogP contribution in [0.4, 0.5) is 0 Å². The van der Waals surface area contributed by atoms with E-state index in [4.69, 9.17) is 20.7 Å². The van der Waals surface area contributed by atoms with E-state index in [1.807, 2.05) is 0 Å². The Morgan fingerprint density at radius 2 is 2.54 bits per heavy atom. The average molecular weight is 180 g/mol. The molecule has 0 saturated heterocycles. The molecule has 13 heavy (non-hydrogen) atoms. The Morgan fingerprint density at radius 3 is 3.15 bits per heavy atom. The lowest BCUT2D eigenvalue weighted by molar-refractivity contribution is 0.0654. The first kappa shape index (κ1) is 9.36. The second-order valence-corrected chi connectivity index (χ2v) is 2.28. The summed E-state index contributed by atoms with van der Waals surface area (Å²) in [6.45, 7) is 0.312. The summed E-state index contributed by atoms with van der Waals surface area (Å²) in [5.74, 6) is 1.07. The van der Waals surface area contributed by atoms with Crippen molar-refractivity contribution in [3.05, 3.63) is 23.7 Å². The molecule has 0 aliphatic heterocycles. The van der Waals surface area contributed by atoms with Crippen LogP contribution in [-0.2, 0) is 11.3 Å². The van der Waals surface area contributed by atoms with Gasteiger partial charge in [0.2, 0.25) is 5.76 Å². The summed E-state index contributed by atoms with van der Waals surface area (Å²) in [4.78, 5) is 10.5. The Hall–Kier alpha value is -1.73. The monoisotopic (exact) mass is 180 g/mol. The maximum Gasteiger partial charge on any atom is 0.372 e. The van der Waals surface area contributed by atoms with Crippen molar-refractivity contribution in [2.24, 2.45) is 0 Å². The predicted octanol–water partition coefficient (Wildman–Crippen LogP) is 1.13. The van der Waals surface area contributed by atoms with Gasteiger partial charge in [0.05, 0.1) is 12.9 Å². The lowest BCUT2D eigenvalue weighted by Crippen LogP contribution is -2.01. The molecule has 1 aromatic heterocycles. The summed E-state index contributed by atoms with van der Waals surface area (Å²) in [5.41, 5.74) is 0.489. The first-order valence-corrected chi connectivity index (χ1v) is 3.56. The van der Waals surface area contributed by atoms with E-state index in [1.54, 1.807) is 6.07 Å². The molecule has 0 radical (unpaired) electrons. The number of aromatic carboxylic acids is 1. The van der Waals surface area contributed by atoms with Crippen molar-refractivity contribution in [1.29, 1.82) is 0 Å². The van der Waals surface area contributed by atoms with Crippen molar-refractivity contribution >= 4 is 5.97 Å². The van der Waals surface area contributed by atoms with Crippen molar-refractivity contribution in [3.8, 4) is 12.3 Å². The first-order valence-electron chi connectivity index (χ1n) is 3.56. The Balaban J connectivity index is 2.61. The number of hydrogen-bond donors (Lipinski definition) is 1. The second kappa shape index (κ2) is 4.33. The minimum atomic E-state index is -1.11. The maximum absolute atomic E-state index is 10.5. The van der Waals surface area contributed by atoms with Crippen molar-refractivity contribution in [2.75, 3.05) is 6.61 Å². The third kappa shape index (κ3) is 2.36. The van der Waals surface area contributed by atoms with Gasteiger partial charge in [-0.1, -0.05) is 5.92 Å². The molecule has 0 aliphatic rings. The summed E-state index contributed by atoms with van der Waals surface area (Å²) in [5, 5.41) is 8.62. The van der Waals surface area contributed by atoms with Gasteiger partial charge >= 0.3 is 5.97 Å². The Kier molecular flexibility index (Phi) is 3.12. The number of furan rings is 1. The number of terminal acetylenes is 1. The Labute approximate surface area is 75.1 Å². The van der Waals surface area contributed by atoms with E-state index < -0.39 is 5.97 Å². The highest BCUT2D eigenvalue weighted by Gasteiger charge is 2.13. The van der Waals surface area contributed by atoms with Gasteiger partial charge in [0, 0.05) is 5.56 Å². The fraction of sp³-hybridized carbons (Fsp3) is 0.222. The SMILES string of the molecule is C#CCOCc1ccoc1C(=O)O. The molecule has 0 spiro atoms. The number of carbonyl (C=O) groups is 1. The summed E-state index contributed by atoms with van der Waals surface area (Å²) in [7, 11) is 0. The van der Waals surface area contributed by atoms with Gasteiger partial charge in [-0.15, -0.1) is 6.42 Å². The minimum Gasteiger partial charge on any atom is -0.475 e. The van der Waals surface area contributed by atoms with Crippen LogP contribution in [0.1, 0.15) is 16.1 Å². The van der Waals surface area contributed by atoms with Gasteiger partial charge in [-0.05, 0) is 6.07 Å². The van der Waals surface area contributed by atoms with Crippen LogP contribution < -0.4 is 0 Å². The molecular formula is C9H8O4. The normalized spacial score (nSPS) is 9.46. The van der Waals surface area contributed by atoms with Crippen LogP contribution >= 0.6 is 0 Å². The topological polar surface area (TPSA) is 59.7 Å². The van der Waals surface area contributed by atoms with Crippen LogP contribution in [0.3, 0.4) is 0 Å². The zero-order valence-electron chi connectivity index (χ0n) is 6.82. The molecule has 4 nitrogen and oxygen atoms in total. The summed E-state index contributed by atoms with van der Waals surface area (Å²) >= 11 is 0. The number of carboxylic acid groups (broad SMARTS) is 1. The van der Waals surface area contributed by atoms with Gasteiger partial charge in [-0.3, -0.25) is 0 Å². The van der Waals surface area contributed by atoms with Crippen LogP contribution in [0.5, 0.6) is 0 Å². The van der Waals surface area contributed by atoms with Crippen molar-refractivity contribution in [3.63, 3.8) is 0 Å². The first-order chi connectivity index (χ1) is 6.25. The highest BCUT2D eigenvalue weighted by Crippen LogP contribution is 2.11. The molecule has 1 N–H and O–H groups in total. The molecule has 0 saturated carbocycles. The Morgan fingerprint density at radius 1 is 1.77 bits per heavy atom. The Bertz CT molecular complexity index is 332. The van der Waals surface area contributed by atoms with Crippen molar-refractivity contribution in [1.82, 2.24) is 0 Å². The summed E-state index contributed by atoms with van der Waals surface area (Å²) in [6.07, 6.45) is 6.25. The highest BCUT2D eigenvalue weighted by molar-refractivity contribution is 5.85. The standard InChI is InChI=1S/C9H8O4/c1-2-4-12-6-7-3-5-13-8(7)9(10)11/h1,3,5H,4,6H2,(H,10,11). The highest BCUT2D eigenvalue weighted by atomic mass is 16.5. The van der Waals surface area contributed by atoms with Crippen LogP contribution in [0.15, 0.2) is 16.7 Å². The number of carboxylic acids is 1. The number of hydrogen-bond acceptors (Lipinski definition) is 3. The van der Waals surface area contributed by atoms with E-state index in [9.17, 15) is 4.79 Å². The van der Waals surface area contributed by atoms with Crippen LogP contribution in [0.2, 0.25) is 0 Å². The second-order valence-electron chi connectivity index (χ2n) is 2.28. The third-order valence-corrected chi connectivity index (χ3v) is 1.38. The molecule has 0 fully saturated rings. The van der Waals surface area contributed by atoms with E-state index in [2.05, 4.69) is 5.92 Å². The van der Waals surface area contributed by atoms with Gasteiger partial charge in [-0.25, -0.2) is 4.79 Å². The lowest BCUT2D eigenvalue weighted by atomic mass is 10.2. The lowest BCUT2D eigenvalue weighted by Gasteiger charge is -1.97. The van der Waals surface area contributed by atoms with Crippen LogP contribution in [0.25, 0.3) is 0 Å². The van der Waals surface area contributed by atoms with E-state index in [0.717, 1.165) is 0 Å². The fourth-order valence-corrected chi connectivity index (χ4v) is 0.857. The number of ether oxygens (including phenoxy) is 1. The molecule has 0 amide bonds. The molecule has 1 rings (SSSR count). The zero-order valence-corrected chi connectivity index (χ0v) is 6.82. The smallest absolute Gasteiger partial charge is 0.372 e. The average Bonchev–Trinajstić information content (AvgIpc) is 2.53. The van der Waals surface area contributed by atoms with E-state index in [-0.39, 0.29) is 19.0 Å². The van der Waals surface area contributed by atoms with Gasteiger partial charge in [0.1, 0.15) is 6.61 Å². The van der Waals surface area contributed by atoms with Gasteiger partial charge < -0.3 is 14.3 Å². The molecule has 0 aliphatic carbocycles. The molecule has 0 unspecified atom stereocenters. The van der Waals surface area contributed by atoms with Crippen LogP contribution in [-0.4, -0.2) is 17.7 Å². The molecule has 68 valence electrons. The summed E-state index contributed by atoms with van der Waals surface area (Å²) in [6, 6.07) is 1.54. The quantitative estimate of drug-likeness (QED) is 0.557. The molecule has 4 heteroatoms. The van der Waals surface area contributed by atoms with Gasteiger partial charge in [0.25, 0.3) is 0 Å². The molecule has 0 bridgehead atoms. The van der Waals surface area contributed by atoms with Crippen molar-refractivity contribution in [2.45, 2.75) is 6.61 Å². The summed E-state index contributed by atoms with van der Waals surface area (Å²) < 4.78 is 9.68. The van der Waals surface area contributed by atoms with E-state index >= 15 is 0 Å². The molecule has 1 heterocycles. The molecule has 1 aromatic rings. The predicted molar refractivity (Wildman–Crippen MR) is 44.2 cm³/mol. The minimum absolute atomic E-state index is 0.1000. The largest absolute Gasteiger partial charge is 0.475 e. The van der Waals surface area contributed by atoms with E-state index in [1.165, 1.54) is 6.26 Å². The van der Waals surface area contributed by atoms with Gasteiger partial charge in [0.15, 0.2) is 0 Å². The maximum atomic E-state index is 10.5. The van der Waals surface area contributed by atoms with Crippen LogP contribution in [0, 0.1) is 12.3 Å². The van der Waals surface area contributed by atoms with E-state index in [0.29, 0.717) is 5.56 Å². The molecule has 0 aromatic carbocycles. The molecular weight excluding hydrogens is 172 g/mol. The van der Waals surface area contributed by atoms with Gasteiger partial charge in [-0.2, -0.15) is 0 Å². The third-order valence-electron chi connectivity index (χ3n) is 1.38. The number of rotatable bonds is 4.